The SMILES string of the molecule is NC(=O)c1ccc(N2CCCCC2)c(NC(=O)/C=C/c2cccc3cccnc23)c1. The van der Waals surface area contributed by atoms with Gasteiger partial charge < -0.3 is 16.0 Å². The Labute approximate surface area is 175 Å². The highest BCUT2D eigenvalue weighted by molar-refractivity contribution is 6.06. The van der Waals surface area contributed by atoms with E-state index in [9.17, 15) is 9.59 Å². The van der Waals surface area contributed by atoms with Crippen molar-refractivity contribution in [3.63, 3.8) is 0 Å². The van der Waals surface area contributed by atoms with E-state index < -0.39 is 5.91 Å². The molecule has 6 heteroatoms. The number of amides is 2. The molecule has 0 atom stereocenters. The number of rotatable bonds is 5. The van der Waals surface area contributed by atoms with Gasteiger partial charge in [0.2, 0.25) is 11.8 Å². The third-order valence-corrected chi connectivity index (χ3v) is 5.31. The third-order valence-electron chi connectivity index (χ3n) is 5.31. The summed E-state index contributed by atoms with van der Waals surface area (Å²) in [4.78, 5) is 31.0. The van der Waals surface area contributed by atoms with Crippen LogP contribution >= 0.6 is 0 Å². The van der Waals surface area contributed by atoms with Crippen molar-refractivity contribution >= 4 is 40.2 Å². The van der Waals surface area contributed by atoms with Gasteiger partial charge in [-0.1, -0.05) is 24.3 Å². The fraction of sp³-hybridized carbons (Fsp3) is 0.208. The van der Waals surface area contributed by atoms with Crippen LogP contribution in [-0.2, 0) is 4.79 Å². The number of primary amides is 1. The number of nitrogens with one attached hydrogen (secondary N) is 1. The lowest BCUT2D eigenvalue weighted by Crippen LogP contribution is -2.30. The van der Waals surface area contributed by atoms with Gasteiger partial charge in [-0.3, -0.25) is 14.6 Å². The lowest BCUT2D eigenvalue weighted by molar-refractivity contribution is -0.111. The van der Waals surface area contributed by atoms with Crippen LogP contribution in [0.3, 0.4) is 0 Å². The first-order chi connectivity index (χ1) is 14.6. The molecule has 0 radical (unpaired) electrons. The van der Waals surface area contributed by atoms with Gasteiger partial charge in [0.15, 0.2) is 0 Å². The van der Waals surface area contributed by atoms with Gasteiger partial charge in [-0.05, 0) is 49.6 Å². The van der Waals surface area contributed by atoms with E-state index in [2.05, 4.69) is 15.2 Å². The van der Waals surface area contributed by atoms with Crippen LogP contribution in [0.1, 0.15) is 35.2 Å². The van der Waals surface area contributed by atoms with Crippen LogP contribution in [0, 0.1) is 0 Å². The Morgan fingerprint density at radius 3 is 2.63 bits per heavy atom. The molecule has 1 fully saturated rings. The van der Waals surface area contributed by atoms with Crippen molar-refractivity contribution < 1.29 is 9.59 Å². The number of carbonyl (C=O) groups excluding carboxylic acids is 2. The van der Waals surface area contributed by atoms with Crippen LogP contribution in [0.4, 0.5) is 11.4 Å². The Morgan fingerprint density at radius 2 is 1.83 bits per heavy atom. The van der Waals surface area contributed by atoms with Crippen LogP contribution in [0.2, 0.25) is 0 Å². The Kier molecular flexibility index (Phi) is 5.75. The predicted octanol–water partition coefficient (Wildman–Crippen LogP) is 3.98. The lowest BCUT2D eigenvalue weighted by Gasteiger charge is -2.30. The van der Waals surface area contributed by atoms with Crippen molar-refractivity contribution in [3.05, 3.63) is 71.9 Å². The number of nitrogens with two attached hydrogens (primary N) is 1. The van der Waals surface area contributed by atoms with Crippen molar-refractivity contribution in [2.24, 2.45) is 5.73 Å². The molecule has 3 N–H and O–H groups in total. The molecule has 2 aromatic carbocycles. The second-order valence-electron chi connectivity index (χ2n) is 7.39. The minimum absolute atomic E-state index is 0.275. The van der Waals surface area contributed by atoms with Crippen LogP contribution in [-0.4, -0.2) is 29.9 Å². The first-order valence-electron chi connectivity index (χ1n) is 10.1. The summed E-state index contributed by atoms with van der Waals surface area (Å²) in [7, 11) is 0. The normalized spacial score (nSPS) is 14.2. The third kappa shape index (κ3) is 4.33. The van der Waals surface area contributed by atoms with E-state index in [0.717, 1.165) is 48.1 Å². The standard InChI is InChI=1S/C24H24N4O2/c25-24(30)19-9-11-21(28-14-2-1-3-15-28)20(16-19)27-22(29)12-10-18-7-4-6-17-8-5-13-26-23(17)18/h4-13,16H,1-3,14-15H2,(H2,25,30)(H,27,29)/b12-10+. The second-order valence-corrected chi connectivity index (χ2v) is 7.39. The molecule has 4 rings (SSSR count). The van der Waals surface area contributed by atoms with Crippen LogP contribution in [0.5, 0.6) is 0 Å². The van der Waals surface area contributed by atoms with Crippen molar-refractivity contribution in [2.75, 3.05) is 23.3 Å². The Morgan fingerprint density at radius 1 is 1.03 bits per heavy atom. The average molecular weight is 400 g/mol. The number of anilines is 2. The minimum Gasteiger partial charge on any atom is -0.370 e. The van der Waals surface area contributed by atoms with E-state index in [1.54, 1.807) is 24.4 Å². The van der Waals surface area contributed by atoms with Crippen molar-refractivity contribution in [2.45, 2.75) is 19.3 Å². The molecule has 6 nitrogen and oxygen atoms in total. The first-order valence-corrected chi connectivity index (χ1v) is 10.1. The number of aromatic nitrogens is 1. The number of carbonyl (C=O) groups is 2. The summed E-state index contributed by atoms with van der Waals surface area (Å²) in [5.74, 6) is -0.795. The number of benzene rings is 2. The molecule has 1 aromatic heterocycles. The molecule has 2 amide bonds. The summed E-state index contributed by atoms with van der Waals surface area (Å²) in [6.45, 7) is 1.85. The molecule has 0 unspecified atom stereocenters. The molecule has 1 saturated heterocycles. The van der Waals surface area contributed by atoms with Crippen molar-refractivity contribution in [1.29, 1.82) is 0 Å². The molecule has 3 aromatic rings. The summed E-state index contributed by atoms with van der Waals surface area (Å²) in [5, 5.41) is 3.94. The van der Waals surface area contributed by atoms with Gasteiger partial charge in [-0.2, -0.15) is 0 Å². The highest BCUT2D eigenvalue weighted by atomic mass is 16.1. The number of hydrogen-bond acceptors (Lipinski definition) is 4. The predicted molar refractivity (Wildman–Crippen MR) is 120 cm³/mol. The maximum atomic E-state index is 12.7. The second kappa shape index (κ2) is 8.78. The fourth-order valence-electron chi connectivity index (χ4n) is 3.80. The summed E-state index contributed by atoms with van der Waals surface area (Å²) < 4.78 is 0. The lowest BCUT2D eigenvalue weighted by atomic mass is 10.1. The number of piperidine rings is 1. The highest BCUT2D eigenvalue weighted by Gasteiger charge is 2.17. The molecule has 1 aliphatic heterocycles. The maximum absolute atomic E-state index is 12.7. The molecule has 0 saturated carbocycles. The minimum atomic E-state index is -0.520. The Balaban J connectivity index is 1.59. The van der Waals surface area contributed by atoms with Gasteiger partial charge in [0.1, 0.15) is 0 Å². The van der Waals surface area contributed by atoms with Crippen LogP contribution < -0.4 is 16.0 Å². The van der Waals surface area contributed by atoms with E-state index in [1.807, 2.05) is 36.4 Å². The van der Waals surface area contributed by atoms with E-state index in [4.69, 9.17) is 5.73 Å². The first kappa shape index (κ1) is 19.6. The Hall–Kier alpha value is -3.67. The molecule has 30 heavy (non-hydrogen) atoms. The van der Waals surface area contributed by atoms with E-state index >= 15 is 0 Å². The van der Waals surface area contributed by atoms with Gasteiger partial charge in [0.05, 0.1) is 16.9 Å². The molecular formula is C24H24N4O2. The summed E-state index contributed by atoms with van der Waals surface area (Å²) >= 11 is 0. The molecule has 1 aliphatic rings. The fourth-order valence-corrected chi connectivity index (χ4v) is 3.80. The van der Waals surface area contributed by atoms with E-state index in [-0.39, 0.29) is 5.91 Å². The molecule has 0 spiro atoms. The molecule has 2 heterocycles. The van der Waals surface area contributed by atoms with E-state index in [0.29, 0.717) is 11.3 Å². The van der Waals surface area contributed by atoms with Crippen LogP contribution in [0.15, 0.2) is 60.8 Å². The quantitative estimate of drug-likeness (QED) is 0.634. The number of hydrogen-bond donors (Lipinski definition) is 2. The molecule has 0 bridgehead atoms. The summed E-state index contributed by atoms with van der Waals surface area (Å²) in [6.07, 6.45) is 8.40. The van der Waals surface area contributed by atoms with Gasteiger partial charge in [-0.25, -0.2) is 0 Å². The topological polar surface area (TPSA) is 88.3 Å². The van der Waals surface area contributed by atoms with Gasteiger partial charge in [0, 0.05) is 41.9 Å². The van der Waals surface area contributed by atoms with Gasteiger partial charge in [0.25, 0.3) is 0 Å². The van der Waals surface area contributed by atoms with Crippen molar-refractivity contribution in [3.8, 4) is 0 Å². The maximum Gasteiger partial charge on any atom is 0.248 e. The van der Waals surface area contributed by atoms with E-state index in [1.165, 1.54) is 12.5 Å². The zero-order valence-electron chi connectivity index (χ0n) is 16.7. The molecular weight excluding hydrogens is 376 g/mol. The summed E-state index contributed by atoms with van der Waals surface area (Å²) in [6, 6.07) is 14.9. The zero-order chi connectivity index (χ0) is 20.9. The van der Waals surface area contributed by atoms with Gasteiger partial charge >= 0.3 is 0 Å². The number of para-hydroxylation sites is 1. The van der Waals surface area contributed by atoms with Crippen molar-refractivity contribution in [1.82, 2.24) is 4.98 Å². The highest BCUT2D eigenvalue weighted by Crippen LogP contribution is 2.30. The molecule has 0 aliphatic carbocycles. The Bertz CT molecular complexity index is 1110. The zero-order valence-corrected chi connectivity index (χ0v) is 16.7. The monoisotopic (exact) mass is 400 g/mol. The number of pyridine rings is 1. The smallest absolute Gasteiger partial charge is 0.248 e. The average Bonchev–Trinajstić information content (AvgIpc) is 2.78. The van der Waals surface area contributed by atoms with Crippen LogP contribution in [0.25, 0.3) is 17.0 Å². The molecule has 152 valence electrons. The largest absolute Gasteiger partial charge is 0.370 e. The summed E-state index contributed by atoms with van der Waals surface area (Å²) in [5.41, 5.74) is 9.03. The van der Waals surface area contributed by atoms with Gasteiger partial charge in [-0.15, -0.1) is 0 Å². The number of fused-ring (bicyclic) bond motifs is 1. The number of nitrogens with zero attached hydrogens (tertiary/aromatic N) is 2.